The number of rotatable bonds is 4. The summed E-state index contributed by atoms with van der Waals surface area (Å²) in [5.74, 6) is -0.626. The van der Waals surface area contributed by atoms with Crippen molar-refractivity contribution in [2.45, 2.75) is 32.0 Å². The van der Waals surface area contributed by atoms with E-state index < -0.39 is 23.8 Å². The summed E-state index contributed by atoms with van der Waals surface area (Å²) in [5.41, 5.74) is -2.61. The van der Waals surface area contributed by atoms with Crippen LogP contribution in [0.25, 0.3) is 0 Å². The summed E-state index contributed by atoms with van der Waals surface area (Å²) < 4.78 is 4.88. The molecule has 0 aliphatic carbocycles. The molecule has 0 rings (SSSR count). The second-order valence-corrected chi connectivity index (χ2v) is 3.57. The molecule has 0 aromatic carbocycles. The van der Waals surface area contributed by atoms with Crippen molar-refractivity contribution in [1.29, 1.82) is 0 Å². The highest BCUT2D eigenvalue weighted by molar-refractivity contribution is 5.81. The lowest BCUT2D eigenvalue weighted by Crippen LogP contribution is -2.53. The molecule has 0 aromatic rings. The van der Waals surface area contributed by atoms with Crippen LogP contribution >= 0.6 is 0 Å². The summed E-state index contributed by atoms with van der Waals surface area (Å²) in [6.07, 6.45) is 1.01. The lowest BCUT2D eigenvalue weighted by molar-refractivity contribution is -0.186. The van der Waals surface area contributed by atoms with E-state index in [-0.39, 0.29) is 0 Å². The molecule has 0 saturated carbocycles. The van der Waals surface area contributed by atoms with Crippen LogP contribution in [-0.4, -0.2) is 34.0 Å². The molecule has 0 radical (unpaired) electrons. The molecule has 4 nitrogen and oxygen atoms in total. The predicted octanol–water partition coefficient (Wildman–Crippen LogP) is 0.237. The third-order valence-corrected chi connectivity index (χ3v) is 2.13. The van der Waals surface area contributed by atoms with Gasteiger partial charge in [-0.25, -0.2) is 4.79 Å². The number of esters is 1. The molecule has 0 heterocycles. The minimum atomic E-state index is -1.47. The second-order valence-electron chi connectivity index (χ2n) is 3.57. The predicted molar refractivity (Wildman–Crippen MR) is 48.1 cm³/mol. The molecule has 0 bridgehead atoms. The Kier molecular flexibility index (Phi) is 3.63. The Morgan fingerprint density at radius 1 is 1.54 bits per heavy atom. The average molecular weight is 188 g/mol. The zero-order chi connectivity index (χ0) is 10.7. The van der Waals surface area contributed by atoms with Crippen molar-refractivity contribution in [2.75, 3.05) is 6.61 Å². The van der Waals surface area contributed by atoms with Crippen LogP contribution in [0.3, 0.4) is 0 Å². The minimum Gasteiger partial charge on any atom is -0.453 e. The minimum absolute atomic E-state index is 0.482. The Morgan fingerprint density at radius 3 is 2.31 bits per heavy atom. The Bertz CT molecular complexity index is 206. The maximum absolute atomic E-state index is 10.9. The highest BCUT2D eigenvalue weighted by atomic mass is 16.6. The molecule has 13 heavy (non-hydrogen) atoms. The molecule has 1 atom stereocenters. The normalized spacial score (nSPS) is 16.1. The van der Waals surface area contributed by atoms with Gasteiger partial charge in [-0.3, -0.25) is 0 Å². The first-order valence-corrected chi connectivity index (χ1v) is 3.95. The van der Waals surface area contributed by atoms with Gasteiger partial charge in [0.05, 0.1) is 6.61 Å². The number of carbonyl (C=O) groups is 1. The molecule has 4 heteroatoms. The van der Waals surface area contributed by atoms with Gasteiger partial charge in [-0.15, -0.1) is 0 Å². The Hall–Kier alpha value is -0.870. The van der Waals surface area contributed by atoms with E-state index in [9.17, 15) is 9.90 Å². The Morgan fingerprint density at radius 2 is 2.00 bits per heavy atom. The summed E-state index contributed by atoms with van der Waals surface area (Å²) in [6.45, 7) is 7.18. The number of hydrogen-bond donors (Lipinski definition) is 2. The fourth-order valence-corrected chi connectivity index (χ4v) is 0.593. The largest absolute Gasteiger partial charge is 0.453 e. The molecule has 0 aromatic heterocycles. The van der Waals surface area contributed by atoms with E-state index in [4.69, 9.17) is 9.84 Å². The summed E-state index contributed by atoms with van der Waals surface area (Å²) in [7, 11) is 0. The molecule has 2 N–H and O–H groups in total. The Balaban J connectivity index is 4.56. The van der Waals surface area contributed by atoms with E-state index in [1.165, 1.54) is 20.8 Å². The number of aliphatic hydroxyl groups is 2. The molecule has 0 aliphatic heterocycles. The lowest BCUT2D eigenvalue weighted by Gasteiger charge is -2.37. The van der Waals surface area contributed by atoms with Gasteiger partial charge in [0.25, 0.3) is 0 Å². The summed E-state index contributed by atoms with van der Waals surface area (Å²) in [4.78, 5) is 10.9. The van der Waals surface area contributed by atoms with E-state index in [0.717, 1.165) is 6.08 Å². The van der Waals surface area contributed by atoms with Gasteiger partial charge in [0.2, 0.25) is 0 Å². The van der Waals surface area contributed by atoms with Crippen LogP contribution in [0.15, 0.2) is 12.7 Å². The quantitative estimate of drug-likeness (QED) is 0.490. The van der Waals surface area contributed by atoms with Crippen molar-refractivity contribution < 1.29 is 19.7 Å². The zero-order valence-corrected chi connectivity index (χ0v) is 8.20. The summed E-state index contributed by atoms with van der Waals surface area (Å²) in [6, 6.07) is 0. The van der Waals surface area contributed by atoms with Crippen LogP contribution in [0.5, 0.6) is 0 Å². The molecule has 1 unspecified atom stereocenters. The van der Waals surface area contributed by atoms with Gasteiger partial charge in [-0.05, 0) is 20.8 Å². The van der Waals surface area contributed by atoms with E-state index in [1.807, 2.05) is 0 Å². The van der Waals surface area contributed by atoms with Gasteiger partial charge in [-0.2, -0.15) is 0 Å². The molecular formula is C9H16O4. The first kappa shape index (κ1) is 12.1. The van der Waals surface area contributed by atoms with Crippen LogP contribution in [0.2, 0.25) is 0 Å². The molecule has 0 saturated heterocycles. The third kappa shape index (κ3) is 2.82. The van der Waals surface area contributed by atoms with Gasteiger partial charge in [0, 0.05) is 6.08 Å². The maximum Gasteiger partial charge on any atom is 0.330 e. The third-order valence-electron chi connectivity index (χ3n) is 2.13. The highest BCUT2D eigenvalue weighted by Crippen LogP contribution is 2.25. The molecule has 0 amide bonds. The topological polar surface area (TPSA) is 66.8 Å². The van der Waals surface area contributed by atoms with E-state index >= 15 is 0 Å². The first-order valence-electron chi connectivity index (χ1n) is 3.95. The highest BCUT2D eigenvalue weighted by Gasteiger charge is 2.41. The van der Waals surface area contributed by atoms with Gasteiger partial charge in [0.15, 0.2) is 0 Å². The van der Waals surface area contributed by atoms with Crippen LogP contribution in [0.1, 0.15) is 20.8 Å². The van der Waals surface area contributed by atoms with Crippen molar-refractivity contribution in [3.05, 3.63) is 12.7 Å². The molecule has 76 valence electrons. The molecule has 0 spiro atoms. The summed E-state index contributed by atoms with van der Waals surface area (Å²) >= 11 is 0. The lowest BCUT2D eigenvalue weighted by atomic mass is 9.88. The summed E-state index contributed by atoms with van der Waals surface area (Å²) in [5, 5.41) is 18.5. The molecular weight excluding hydrogens is 172 g/mol. The fourth-order valence-electron chi connectivity index (χ4n) is 0.593. The Labute approximate surface area is 77.8 Å². The zero-order valence-electron chi connectivity index (χ0n) is 8.20. The first-order chi connectivity index (χ1) is 5.77. The fraction of sp³-hybridized carbons (Fsp3) is 0.667. The van der Waals surface area contributed by atoms with Crippen LogP contribution in [0.4, 0.5) is 0 Å². The monoisotopic (exact) mass is 188 g/mol. The van der Waals surface area contributed by atoms with Gasteiger partial charge < -0.3 is 14.9 Å². The van der Waals surface area contributed by atoms with Crippen LogP contribution in [-0.2, 0) is 9.53 Å². The smallest absolute Gasteiger partial charge is 0.330 e. The van der Waals surface area contributed by atoms with E-state index in [0.29, 0.717) is 0 Å². The number of aliphatic hydroxyl groups excluding tert-OH is 1. The standard InChI is InChI=1S/C9H16O4/c1-5-7(11)13-8(2,3)9(4,12)6-10/h5,10,12H,1,6H2,2-4H3. The number of carbonyl (C=O) groups excluding carboxylic acids is 1. The van der Waals surface area contributed by atoms with Crippen LogP contribution < -0.4 is 0 Å². The van der Waals surface area contributed by atoms with E-state index in [1.54, 1.807) is 0 Å². The SMILES string of the molecule is C=CC(=O)OC(C)(C)C(C)(O)CO. The van der Waals surface area contributed by atoms with Gasteiger partial charge in [-0.1, -0.05) is 6.58 Å². The van der Waals surface area contributed by atoms with Crippen molar-refractivity contribution in [3.63, 3.8) is 0 Å². The maximum atomic E-state index is 10.9. The van der Waals surface area contributed by atoms with Crippen molar-refractivity contribution in [1.82, 2.24) is 0 Å². The van der Waals surface area contributed by atoms with Crippen molar-refractivity contribution in [3.8, 4) is 0 Å². The van der Waals surface area contributed by atoms with Crippen molar-refractivity contribution in [2.24, 2.45) is 0 Å². The second kappa shape index (κ2) is 3.89. The van der Waals surface area contributed by atoms with E-state index in [2.05, 4.69) is 6.58 Å². The number of ether oxygens (including phenoxy) is 1. The van der Waals surface area contributed by atoms with Crippen LogP contribution in [0, 0.1) is 0 Å². The molecule has 0 fully saturated rings. The van der Waals surface area contributed by atoms with Gasteiger partial charge >= 0.3 is 5.97 Å². The van der Waals surface area contributed by atoms with Gasteiger partial charge in [0.1, 0.15) is 11.2 Å². The molecule has 0 aliphatic rings. The number of hydrogen-bond acceptors (Lipinski definition) is 4. The van der Waals surface area contributed by atoms with Crippen molar-refractivity contribution >= 4 is 5.97 Å². The average Bonchev–Trinajstić information content (AvgIpc) is 2.03.